The molecule has 0 bridgehead atoms. The molecule has 2 aromatic rings. The summed E-state index contributed by atoms with van der Waals surface area (Å²) in [5, 5.41) is 2.39. The largest absolute Gasteiger partial charge is 0.497 e. The molecule has 0 atom stereocenters. The zero-order chi connectivity index (χ0) is 20.6. The minimum Gasteiger partial charge on any atom is -0.497 e. The van der Waals surface area contributed by atoms with Crippen molar-refractivity contribution >= 4 is 11.6 Å². The Morgan fingerprint density at radius 1 is 1.04 bits per heavy atom. The zero-order valence-corrected chi connectivity index (χ0v) is 15.3. The van der Waals surface area contributed by atoms with Gasteiger partial charge in [0.15, 0.2) is 5.75 Å². The van der Waals surface area contributed by atoms with Gasteiger partial charge in [0.1, 0.15) is 18.1 Å². The number of carbonyl (C=O) groups excluding carboxylic acids is 1. The second-order valence-electron chi connectivity index (χ2n) is 5.58. The Kier molecular flexibility index (Phi) is 7.65. The van der Waals surface area contributed by atoms with Gasteiger partial charge in [0, 0.05) is 13.2 Å². The molecular formula is C19H20F3NO5. The maximum absolute atomic E-state index is 13.0. The van der Waals surface area contributed by atoms with Crippen LogP contribution < -0.4 is 14.8 Å². The molecule has 2 aromatic carbocycles. The van der Waals surface area contributed by atoms with Crippen LogP contribution in [0.5, 0.6) is 17.2 Å². The van der Waals surface area contributed by atoms with Crippen LogP contribution in [0.1, 0.15) is 5.56 Å². The zero-order valence-electron chi connectivity index (χ0n) is 15.3. The summed E-state index contributed by atoms with van der Waals surface area (Å²) in [6.45, 7) is 0.138. The number of carbonyl (C=O) groups is 1. The highest BCUT2D eigenvalue weighted by Crippen LogP contribution is 2.37. The minimum atomic E-state index is -4.57. The Balaban J connectivity index is 2.22. The van der Waals surface area contributed by atoms with E-state index in [1.54, 1.807) is 24.3 Å². The highest BCUT2D eigenvalue weighted by molar-refractivity contribution is 5.93. The minimum absolute atomic E-state index is 0.0477. The number of alkyl halides is 3. The first-order valence-electron chi connectivity index (χ1n) is 8.23. The third-order valence-electron chi connectivity index (χ3n) is 3.51. The number of ether oxygens (including phenoxy) is 4. The lowest BCUT2D eigenvalue weighted by Crippen LogP contribution is -2.20. The Morgan fingerprint density at radius 3 is 2.46 bits per heavy atom. The summed E-state index contributed by atoms with van der Waals surface area (Å²) in [7, 11) is 2.96. The third kappa shape index (κ3) is 6.43. The number of nitrogens with one attached hydrogen (secondary N) is 1. The molecule has 0 saturated heterocycles. The molecule has 1 amide bonds. The van der Waals surface area contributed by atoms with Crippen molar-refractivity contribution in [1.82, 2.24) is 0 Å². The van der Waals surface area contributed by atoms with Gasteiger partial charge in [-0.15, -0.1) is 0 Å². The fourth-order valence-corrected chi connectivity index (χ4v) is 2.18. The van der Waals surface area contributed by atoms with E-state index in [4.69, 9.17) is 18.9 Å². The first-order valence-corrected chi connectivity index (χ1v) is 8.23. The second-order valence-corrected chi connectivity index (χ2v) is 5.58. The van der Waals surface area contributed by atoms with Crippen molar-refractivity contribution in [3.8, 4) is 17.2 Å². The van der Waals surface area contributed by atoms with Crippen LogP contribution in [0.3, 0.4) is 0 Å². The standard InChI is InChI=1S/C19H20F3NO5/c1-25-8-9-27-12-18(24)23-16-10-13(19(20,21)22)6-7-17(16)28-15-5-3-4-14(11-15)26-2/h3-7,10-11H,8-9,12H2,1-2H3,(H,23,24). The predicted molar refractivity (Wildman–Crippen MR) is 95.8 cm³/mol. The van der Waals surface area contributed by atoms with Gasteiger partial charge < -0.3 is 24.3 Å². The molecule has 9 heteroatoms. The Bertz CT molecular complexity index is 795. The van der Waals surface area contributed by atoms with E-state index in [0.717, 1.165) is 18.2 Å². The van der Waals surface area contributed by atoms with Gasteiger partial charge in [-0.1, -0.05) is 6.07 Å². The fourth-order valence-electron chi connectivity index (χ4n) is 2.18. The molecule has 0 unspecified atom stereocenters. The van der Waals surface area contributed by atoms with Crippen LogP contribution in [0.2, 0.25) is 0 Å². The number of benzene rings is 2. The lowest BCUT2D eigenvalue weighted by atomic mass is 10.1. The molecule has 0 radical (unpaired) electrons. The van der Waals surface area contributed by atoms with E-state index in [-0.39, 0.29) is 24.7 Å². The highest BCUT2D eigenvalue weighted by atomic mass is 19.4. The summed E-state index contributed by atoms with van der Waals surface area (Å²) in [5.74, 6) is 0.282. The first kappa shape index (κ1) is 21.5. The molecule has 0 heterocycles. The predicted octanol–water partition coefficient (Wildman–Crippen LogP) is 4.11. The van der Waals surface area contributed by atoms with Crippen LogP contribution in [0.15, 0.2) is 42.5 Å². The van der Waals surface area contributed by atoms with E-state index >= 15 is 0 Å². The van der Waals surface area contributed by atoms with Crippen LogP contribution in [0.4, 0.5) is 18.9 Å². The number of hydrogen-bond donors (Lipinski definition) is 1. The molecule has 0 saturated carbocycles. The maximum atomic E-state index is 13.0. The van der Waals surface area contributed by atoms with Crippen molar-refractivity contribution in [3.63, 3.8) is 0 Å². The lowest BCUT2D eigenvalue weighted by Gasteiger charge is -2.15. The molecule has 0 spiro atoms. The Hall–Kier alpha value is -2.78. The third-order valence-corrected chi connectivity index (χ3v) is 3.51. The average Bonchev–Trinajstić information content (AvgIpc) is 2.66. The van der Waals surface area contributed by atoms with Gasteiger partial charge in [-0.25, -0.2) is 0 Å². The van der Waals surface area contributed by atoms with Crippen LogP contribution in [0.25, 0.3) is 0 Å². The Labute approximate surface area is 160 Å². The second kappa shape index (κ2) is 9.95. The average molecular weight is 399 g/mol. The van der Waals surface area contributed by atoms with Crippen LogP contribution in [-0.4, -0.2) is 39.9 Å². The smallest absolute Gasteiger partial charge is 0.416 e. The van der Waals surface area contributed by atoms with Gasteiger partial charge in [-0.05, 0) is 30.3 Å². The number of halogens is 3. The number of methoxy groups -OCH3 is 2. The van der Waals surface area contributed by atoms with Gasteiger partial charge in [0.25, 0.3) is 0 Å². The summed E-state index contributed by atoms with van der Waals surface area (Å²) < 4.78 is 59.7. The molecular weight excluding hydrogens is 379 g/mol. The molecule has 152 valence electrons. The van der Waals surface area contributed by atoms with Crippen molar-refractivity contribution in [2.24, 2.45) is 0 Å². The highest BCUT2D eigenvalue weighted by Gasteiger charge is 2.31. The summed E-state index contributed by atoms with van der Waals surface area (Å²) in [6.07, 6.45) is -4.57. The molecule has 2 rings (SSSR count). The monoisotopic (exact) mass is 399 g/mol. The van der Waals surface area contributed by atoms with Crippen molar-refractivity contribution in [2.45, 2.75) is 6.18 Å². The molecule has 1 N–H and O–H groups in total. The van der Waals surface area contributed by atoms with E-state index in [9.17, 15) is 18.0 Å². The number of rotatable bonds is 9. The number of hydrogen-bond acceptors (Lipinski definition) is 5. The van der Waals surface area contributed by atoms with Crippen LogP contribution >= 0.6 is 0 Å². The van der Waals surface area contributed by atoms with Gasteiger partial charge in [0.05, 0.1) is 31.6 Å². The van der Waals surface area contributed by atoms with Crippen molar-refractivity contribution in [2.75, 3.05) is 39.4 Å². The van der Waals surface area contributed by atoms with Gasteiger partial charge in [0.2, 0.25) is 5.91 Å². The maximum Gasteiger partial charge on any atom is 0.416 e. The molecule has 6 nitrogen and oxygen atoms in total. The SMILES string of the molecule is COCCOCC(=O)Nc1cc(C(F)(F)F)ccc1Oc1cccc(OC)c1. The number of anilines is 1. The van der Waals surface area contributed by atoms with E-state index in [0.29, 0.717) is 18.1 Å². The molecule has 0 aliphatic heterocycles. The Morgan fingerprint density at radius 2 is 1.79 bits per heavy atom. The van der Waals surface area contributed by atoms with E-state index in [1.165, 1.54) is 14.2 Å². The number of amides is 1. The van der Waals surface area contributed by atoms with Gasteiger partial charge in [-0.3, -0.25) is 4.79 Å². The van der Waals surface area contributed by atoms with Gasteiger partial charge >= 0.3 is 6.18 Å². The molecule has 0 aliphatic carbocycles. The molecule has 0 fully saturated rings. The first-order chi connectivity index (χ1) is 13.3. The summed E-state index contributed by atoms with van der Waals surface area (Å²) in [5.41, 5.74) is -1.04. The quantitative estimate of drug-likeness (QED) is 0.643. The summed E-state index contributed by atoms with van der Waals surface area (Å²) in [4.78, 5) is 12.0. The normalized spacial score (nSPS) is 11.2. The molecule has 28 heavy (non-hydrogen) atoms. The van der Waals surface area contributed by atoms with Crippen molar-refractivity contribution < 1.29 is 36.9 Å². The van der Waals surface area contributed by atoms with E-state index in [2.05, 4.69) is 5.32 Å². The lowest BCUT2D eigenvalue weighted by molar-refractivity contribution is -0.137. The van der Waals surface area contributed by atoms with Crippen LogP contribution in [-0.2, 0) is 20.4 Å². The van der Waals surface area contributed by atoms with Crippen LogP contribution in [0, 0.1) is 0 Å². The topological polar surface area (TPSA) is 66.0 Å². The van der Waals surface area contributed by atoms with Crippen molar-refractivity contribution in [1.29, 1.82) is 0 Å². The van der Waals surface area contributed by atoms with Crippen molar-refractivity contribution in [3.05, 3.63) is 48.0 Å². The summed E-state index contributed by atoms with van der Waals surface area (Å²) in [6, 6.07) is 9.36. The fraction of sp³-hybridized carbons (Fsp3) is 0.316. The van der Waals surface area contributed by atoms with E-state index in [1.807, 2.05) is 0 Å². The summed E-state index contributed by atoms with van der Waals surface area (Å²) >= 11 is 0. The molecule has 0 aliphatic rings. The van der Waals surface area contributed by atoms with E-state index < -0.39 is 17.6 Å². The van der Waals surface area contributed by atoms with Gasteiger partial charge in [-0.2, -0.15) is 13.2 Å². The molecule has 0 aromatic heterocycles.